The summed E-state index contributed by atoms with van der Waals surface area (Å²) in [6.45, 7) is 4.46. The van der Waals surface area contributed by atoms with Gasteiger partial charge in [0, 0.05) is 25.7 Å². The predicted molar refractivity (Wildman–Crippen MR) is 89.6 cm³/mol. The van der Waals surface area contributed by atoms with Crippen LogP contribution in [0.3, 0.4) is 0 Å². The van der Waals surface area contributed by atoms with E-state index in [4.69, 9.17) is 15.0 Å². The Kier molecular flexibility index (Phi) is 10.3. The molecule has 0 radical (unpaired) electrons. The van der Waals surface area contributed by atoms with Crippen LogP contribution in [0.5, 0.6) is 0 Å². The number of hydrogen-bond acceptors (Lipinski definition) is 5. The normalized spacial score (nSPS) is 23.0. The van der Waals surface area contributed by atoms with Gasteiger partial charge in [0.05, 0.1) is 0 Å². The van der Waals surface area contributed by atoms with Crippen LogP contribution in [0, 0.1) is 0 Å². The Labute approximate surface area is 141 Å². The van der Waals surface area contributed by atoms with Crippen molar-refractivity contribution in [3.05, 3.63) is 0 Å². The van der Waals surface area contributed by atoms with Crippen LogP contribution in [-0.4, -0.2) is 21.9 Å². The van der Waals surface area contributed by atoms with E-state index in [1.54, 1.807) is 0 Å². The molecule has 0 spiro atoms. The van der Waals surface area contributed by atoms with Crippen molar-refractivity contribution in [2.75, 3.05) is 0 Å². The zero-order chi connectivity index (χ0) is 17.0. The molecule has 0 aromatic rings. The third-order valence-electron chi connectivity index (χ3n) is 4.72. The zero-order valence-corrected chi connectivity index (χ0v) is 15.0. The molecule has 0 aliphatic heterocycles. The molecule has 0 unspecified atom stereocenters. The van der Waals surface area contributed by atoms with Gasteiger partial charge in [-0.1, -0.05) is 52.4 Å². The lowest BCUT2D eigenvalue weighted by atomic mass is 9.94. The maximum atomic E-state index is 10.1. The van der Waals surface area contributed by atoms with Crippen molar-refractivity contribution in [3.63, 3.8) is 0 Å². The molecule has 0 bridgehead atoms. The second-order valence-corrected chi connectivity index (χ2v) is 6.94. The molecule has 23 heavy (non-hydrogen) atoms. The van der Waals surface area contributed by atoms with Crippen LogP contribution in [0.1, 0.15) is 104 Å². The summed E-state index contributed by atoms with van der Waals surface area (Å²) in [4.78, 5) is 14.9. The second-order valence-electron chi connectivity index (χ2n) is 6.94. The number of aliphatic hydroxyl groups is 1. The van der Waals surface area contributed by atoms with Crippen LogP contribution >= 0.6 is 0 Å². The van der Waals surface area contributed by atoms with Crippen LogP contribution < -0.4 is 0 Å². The summed E-state index contributed by atoms with van der Waals surface area (Å²) >= 11 is 0. The Bertz CT molecular complexity index is 279. The van der Waals surface area contributed by atoms with Crippen LogP contribution in [0.15, 0.2) is 0 Å². The second kappa shape index (κ2) is 11.4. The van der Waals surface area contributed by atoms with E-state index in [9.17, 15) is 5.11 Å². The molecule has 2 saturated carbocycles. The monoisotopic (exact) mass is 332 g/mol. The Balaban J connectivity index is 0.000000379. The van der Waals surface area contributed by atoms with Gasteiger partial charge >= 0.3 is 0 Å². The number of unbranched alkanes of at least 4 members (excludes halogenated alkanes) is 3. The van der Waals surface area contributed by atoms with Gasteiger partial charge in [-0.15, -0.1) is 0 Å². The standard InChI is InChI=1S/C12H22O5.C6H14/c13-11(7-3-1-4-8-11)16-17-12(15-14)9-5-2-6-10-12;1-3-5-6-4-2/h13-14H,1-10H2;3-6H2,1-2H3. The fourth-order valence-corrected chi connectivity index (χ4v) is 3.12. The third kappa shape index (κ3) is 7.94. The third-order valence-corrected chi connectivity index (χ3v) is 4.72. The van der Waals surface area contributed by atoms with E-state index in [1.807, 2.05) is 0 Å². The van der Waals surface area contributed by atoms with Gasteiger partial charge in [-0.3, -0.25) is 0 Å². The van der Waals surface area contributed by atoms with Crippen molar-refractivity contribution in [2.24, 2.45) is 0 Å². The smallest absolute Gasteiger partial charge is 0.233 e. The van der Waals surface area contributed by atoms with E-state index in [1.165, 1.54) is 25.7 Å². The maximum absolute atomic E-state index is 10.1. The Morgan fingerprint density at radius 3 is 1.65 bits per heavy atom. The van der Waals surface area contributed by atoms with Crippen molar-refractivity contribution < 1.29 is 25.0 Å². The lowest BCUT2D eigenvalue weighted by Crippen LogP contribution is -2.43. The van der Waals surface area contributed by atoms with Crippen LogP contribution in [0.25, 0.3) is 0 Å². The molecule has 0 aromatic heterocycles. The van der Waals surface area contributed by atoms with Crippen molar-refractivity contribution in [3.8, 4) is 0 Å². The van der Waals surface area contributed by atoms with Gasteiger partial charge in [0.1, 0.15) is 0 Å². The van der Waals surface area contributed by atoms with Gasteiger partial charge in [0.2, 0.25) is 5.79 Å². The molecular formula is C18H36O5. The lowest BCUT2D eigenvalue weighted by molar-refractivity contribution is -0.548. The lowest BCUT2D eigenvalue weighted by Gasteiger charge is -2.37. The number of hydrogen-bond donors (Lipinski definition) is 2. The minimum absolute atomic E-state index is 0.578. The highest BCUT2D eigenvalue weighted by molar-refractivity contribution is 4.75. The summed E-state index contributed by atoms with van der Waals surface area (Å²) in [5, 5.41) is 19.1. The fraction of sp³-hybridized carbons (Fsp3) is 1.00. The molecule has 138 valence electrons. The Morgan fingerprint density at radius 1 is 0.739 bits per heavy atom. The average molecular weight is 332 g/mol. The van der Waals surface area contributed by atoms with Crippen molar-refractivity contribution in [1.82, 2.24) is 0 Å². The fourth-order valence-electron chi connectivity index (χ4n) is 3.12. The Hall–Kier alpha value is -0.200. The SMILES string of the molecule is CCCCCC.OOC1(OOC2(O)CCCCC2)CCCCC1. The predicted octanol–water partition coefficient (Wildman–Crippen LogP) is 5.32. The van der Waals surface area contributed by atoms with E-state index >= 15 is 0 Å². The zero-order valence-electron chi connectivity index (χ0n) is 15.0. The minimum Gasteiger partial charge on any atom is -0.363 e. The van der Waals surface area contributed by atoms with E-state index < -0.39 is 11.6 Å². The highest BCUT2D eigenvalue weighted by Crippen LogP contribution is 2.36. The molecule has 0 atom stereocenters. The summed E-state index contributed by atoms with van der Waals surface area (Å²) < 4.78 is 0. The van der Waals surface area contributed by atoms with Crippen LogP contribution in [0.2, 0.25) is 0 Å². The molecule has 5 heteroatoms. The Morgan fingerprint density at radius 2 is 1.22 bits per heavy atom. The highest BCUT2D eigenvalue weighted by atomic mass is 17.3. The van der Waals surface area contributed by atoms with E-state index in [2.05, 4.69) is 18.7 Å². The number of rotatable bonds is 7. The molecule has 0 amide bonds. The summed E-state index contributed by atoms with van der Waals surface area (Å²) in [6.07, 6.45) is 13.9. The summed E-state index contributed by atoms with van der Waals surface area (Å²) in [6, 6.07) is 0. The maximum Gasteiger partial charge on any atom is 0.233 e. The first-order valence-electron chi connectivity index (χ1n) is 9.51. The summed E-state index contributed by atoms with van der Waals surface area (Å²) in [5.74, 6) is -2.29. The quantitative estimate of drug-likeness (QED) is 0.286. The summed E-state index contributed by atoms with van der Waals surface area (Å²) in [5.41, 5.74) is 0. The van der Waals surface area contributed by atoms with E-state index in [-0.39, 0.29) is 0 Å². The minimum atomic E-state index is -1.21. The van der Waals surface area contributed by atoms with Gasteiger partial charge in [0.25, 0.3) is 0 Å². The first-order chi connectivity index (χ1) is 11.1. The highest BCUT2D eigenvalue weighted by Gasteiger charge is 2.40. The molecule has 2 N–H and O–H groups in total. The molecule has 0 saturated heterocycles. The van der Waals surface area contributed by atoms with Gasteiger partial charge < -0.3 is 5.11 Å². The average Bonchev–Trinajstić information content (AvgIpc) is 2.60. The van der Waals surface area contributed by atoms with Crippen LogP contribution in [0.4, 0.5) is 0 Å². The first kappa shape index (κ1) is 20.8. The van der Waals surface area contributed by atoms with Crippen molar-refractivity contribution >= 4 is 0 Å². The molecular weight excluding hydrogens is 296 g/mol. The van der Waals surface area contributed by atoms with Gasteiger partial charge in [-0.2, -0.15) is 9.78 Å². The molecule has 0 aromatic carbocycles. The topological polar surface area (TPSA) is 68.2 Å². The van der Waals surface area contributed by atoms with Gasteiger partial charge in [-0.25, -0.2) is 10.1 Å². The molecule has 2 aliphatic carbocycles. The van der Waals surface area contributed by atoms with Crippen molar-refractivity contribution in [2.45, 2.75) is 115 Å². The van der Waals surface area contributed by atoms with E-state index in [0.717, 1.165) is 38.5 Å². The molecule has 2 fully saturated rings. The van der Waals surface area contributed by atoms with Crippen LogP contribution in [-0.2, 0) is 14.7 Å². The summed E-state index contributed by atoms with van der Waals surface area (Å²) in [7, 11) is 0. The van der Waals surface area contributed by atoms with Crippen molar-refractivity contribution in [1.29, 1.82) is 0 Å². The molecule has 2 rings (SSSR count). The van der Waals surface area contributed by atoms with E-state index in [0.29, 0.717) is 25.7 Å². The van der Waals surface area contributed by atoms with Gasteiger partial charge in [-0.05, 0) is 25.7 Å². The molecule has 2 aliphatic rings. The largest absolute Gasteiger partial charge is 0.363 e. The molecule has 5 nitrogen and oxygen atoms in total. The first-order valence-corrected chi connectivity index (χ1v) is 9.51. The molecule has 0 heterocycles. The van der Waals surface area contributed by atoms with Gasteiger partial charge in [0.15, 0.2) is 5.79 Å².